The highest BCUT2D eigenvalue weighted by molar-refractivity contribution is 7.44. The second-order valence-electron chi connectivity index (χ2n) is 9.78. The predicted molar refractivity (Wildman–Crippen MR) is 156 cm³/mol. The van der Waals surface area contributed by atoms with Gasteiger partial charge in [0.25, 0.3) is 8.53 Å². The van der Waals surface area contributed by atoms with Crippen LogP contribution in [-0.4, -0.2) is 44.5 Å². The fourth-order valence-electron chi connectivity index (χ4n) is 4.87. The quantitative estimate of drug-likeness (QED) is 0.0787. The van der Waals surface area contributed by atoms with Crippen molar-refractivity contribution >= 4 is 49.3 Å². The Morgan fingerprint density at radius 2 is 1.51 bits per heavy atom. The lowest BCUT2D eigenvalue weighted by Crippen LogP contribution is -2.35. The maximum atomic E-state index is 8.96. The maximum absolute atomic E-state index is 8.96. The molecule has 0 amide bonds. The molecule has 0 saturated heterocycles. The van der Waals surface area contributed by atoms with E-state index >= 15 is 0 Å². The molecule has 0 fully saturated rings. The van der Waals surface area contributed by atoms with Gasteiger partial charge >= 0.3 is 0 Å². The van der Waals surface area contributed by atoms with Gasteiger partial charge in [0, 0.05) is 20.5 Å². The molecule has 193 valence electrons. The van der Waals surface area contributed by atoms with Crippen molar-refractivity contribution in [2.75, 3.05) is 13.2 Å². The van der Waals surface area contributed by atoms with E-state index in [2.05, 4.69) is 100.0 Å². The second-order valence-corrected chi connectivity index (χ2v) is 11.2. The van der Waals surface area contributed by atoms with Gasteiger partial charge in [0.1, 0.15) is 0 Å². The van der Waals surface area contributed by atoms with Gasteiger partial charge in [-0.05, 0) is 72.0 Å². The second kappa shape index (κ2) is 13.5. The summed E-state index contributed by atoms with van der Waals surface area (Å²) in [6.45, 7) is 12.1. The monoisotopic (exact) mass is 515 g/mol. The van der Waals surface area contributed by atoms with Crippen LogP contribution < -0.4 is 0 Å². The fourth-order valence-corrected chi connectivity index (χ4v) is 6.64. The molecular weight excluding hydrogens is 478 g/mol. The lowest BCUT2D eigenvalue weighted by Gasteiger charge is -2.37. The maximum Gasteiger partial charge on any atom is 0.259 e. The van der Waals surface area contributed by atoms with Crippen LogP contribution in [0.4, 0.5) is 0 Å². The highest BCUT2D eigenvalue weighted by Gasteiger charge is 2.29. The summed E-state index contributed by atoms with van der Waals surface area (Å²) in [4.78, 5) is 0. The number of hydrogen-bond donors (Lipinski definition) is 0. The Bertz CT molecular complexity index is 1300. The number of nitriles is 1. The van der Waals surface area contributed by atoms with Crippen LogP contribution in [0.2, 0.25) is 0 Å². The molecule has 0 heterocycles. The Balaban J connectivity index is 0.00000380. The van der Waals surface area contributed by atoms with Crippen molar-refractivity contribution in [2.24, 2.45) is 0 Å². The zero-order chi connectivity index (χ0) is 25.7. The van der Waals surface area contributed by atoms with E-state index in [0.717, 1.165) is 6.42 Å². The van der Waals surface area contributed by atoms with E-state index in [1.165, 1.54) is 37.9 Å². The van der Waals surface area contributed by atoms with E-state index in [-0.39, 0.29) is 26.6 Å². The number of nitrogens with zero attached hydrogens (tertiary/aromatic N) is 2. The van der Waals surface area contributed by atoms with Crippen molar-refractivity contribution in [3.05, 3.63) is 60.2 Å². The minimum absolute atomic E-state index is 0. The molecule has 2 atom stereocenters. The third-order valence-corrected chi connectivity index (χ3v) is 8.72. The van der Waals surface area contributed by atoms with Crippen LogP contribution in [0.3, 0.4) is 0 Å². The molecule has 4 aromatic carbocycles. The Labute approximate surface area is 224 Å². The molecule has 0 bridgehead atoms. The Kier molecular flexibility index (Phi) is 10.7. The first-order valence-corrected chi connectivity index (χ1v) is 14.1. The fraction of sp³-hybridized carbons (Fsp3) is 0.433. The van der Waals surface area contributed by atoms with Gasteiger partial charge in [0.15, 0.2) is 0 Å². The molecule has 0 saturated carbocycles. The first kappa shape index (κ1) is 29.3. The minimum Gasteiger partial charge on any atom is -0.374 e. The third kappa shape index (κ3) is 6.61. The average Bonchev–Trinajstić information content (AvgIpc) is 2.86. The van der Waals surface area contributed by atoms with Crippen LogP contribution in [0, 0.1) is 11.3 Å². The summed E-state index contributed by atoms with van der Waals surface area (Å²) in [5.74, 6) is 0. The number of hydrogen-bond acceptors (Lipinski definition) is 5. The zero-order valence-electron chi connectivity index (χ0n) is 22.6. The van der Waals surface area contributed by atoms with Crippen LogP contribution in [-0.2, 0) is 20.4 Å². The van der Waals surface area contributed by atoms with Gasteiger partial charge < -0.3 is 13.8 Å². The minimum atomic E-state index is -1.28. The van der Waals surface area contributed by atoms with E-state index in [1.54, 1.807) is 0 Å². The number of ether oxygens (including phenoxy) is 1. The average molecular weight is 515 g/mol. The van der Waals surface area contributed by atoms with Crippen LogP contribution in [0.1, 0.15) is 53.0 Å². The SMILES string of the molecule is CCC(COCc1ccc2ccc3cccc4ccc1c2c34)OP(OCCC#N)N(C(C)C)C(C)C.[B]. The molecule has 7 heteroatoms. The lowest BCUT2D eigenvalue weighted by molar-refractivity contribution is 0.0292. The number of benzene rings is 4. The molecule has 0 aromatic heterocycles. The molecule has 4 rings (SSSR count). The predicted octanol–water partition coefficient (Wildman–Crippen LogP) is 7.79. The largest absolute Gasteiger partial charge is 0.374 e. The molecule has 4 aromatic rings. The molecule has 0 aliphatic carbocycles. The van der Waals surface area contributed by atoms with E-state index in [1.807, 2.05) is 0 Å². The zero-order valence-corrected chi connectivity index (χ0v) is 23.5. The smallest absolute Gasteiger partial charge is 0.259 e. The summed E-state index contributed by atoms with van der Waals surface area (Å²) in [5.41, 5.74) is 1.19. The van der Waals surface area contributed by atoms with Gasteiger partial charge in [-0.2, -0.15) is 5.26 Å². The van der Waals surface area contributed by atoms with Gasteiger partial charge in [0.05, 0.1) is 38.4 Å². The summed E-state index contributed by atoms with van der Waals surface area (Å²) in [7, 11) is -1.28. The number of rotatable bonds is 13. The topological polar surface area (TPSA) is 54.7 Å². The standard InChI is InChI=1S/C30H37N2O3P.B/c1-6-27(35-36(34-18-8-17-31)32(21(2)3)22(4)5)20-33-19-26-14-13-25-12-11-23-9-7-10-24-15-16-28(26)30(25)29(23)24;/h7,9-16,21-22,27H,6,8,18-20H2,1-5H3;. The van der Waals surface area contributed by atoms with Crippen molar-refractivity contribution in [3.63, 3.8) is 0 Å². The summed E-state index contributed by atoms with van der Waals surface area (Å²) < 4.78 is 21.1. The van der Waals surface area contributed by atoms with Crippen molar-refractivity contribution in [1.29, 1.82) is 5.26 Å². The highest BCUT2D eigenvalue weighted by Crippen LogP contribution is 2.47. The normalized spacial score (nSPS) is 13.6. The highest BCUT2D eigenvalue weighted by atomic mass is 31.2. The van der Waals surface area contributed by atoms with Gasteiger partial charge in [-0.3, -0.25) is 0 Å². The van der Waals surface area contributed by atoms with Crippen molar-refractivity contribution in [3.8, 4) is 6.07 Å². The molecule has 0 aliphatic rings. The summed E-state index contributed by atoms with van der Waals surface area (Å²) in [5, 5.41) is 16.6. The van der Waals surface area contributed by atoms with E-state index in [0.29, 0.717) is 26.2 Å². The van der Waals surface area contributed by atoms with Crippen molar-refractivity contribution < 1.29 is 13.8 Å². The molecule has 0 aliphatic heterocycles. The first-order chi connectivity index (χ1) is 17.4. The van der Waals surface area contributed by atoms with E-state index < -0.39 is 8.53 Å². The summed E-state index contributed by atoms with van der Waals surface area (Å²) in [6, 6.07) is 22.4. The summed E-state index contributed by atoms with van der Waals surface area (Å²) >= 11 is 0. The van der Waals surface area contributed by atoms with E-state index in [9.17, 15) is 0 Å². The third-order valence-electron chi connectivity index (χ3n) is 6.54. The molecular formula is C30H37BN2O3P. The van der Waals surface area contributed by atoms with Gasteiger partial charge in [-0.25, -0.2) is 4.67 Å². The van der Waals surface area contributed by atoms with Crippen LogP contribution in [0.25, 0.3) is 32.3 Å². The first-order valence-electron chi connectivity index (χ1n) is 12.9. The molecule has 5 nitrogen and oxygen atoms in total. The molecule has 2 unspecified atom stereocenters. The van der Waals surface area contributed by atoms with E-state index in [4.69, 9.17) is 19.0 Å². The Morgan fingerprint density at radius 1 is 0.892 bits per heavy atom. The van der Waals surface area contributed by atoms with Crippen LogP contribution >= 0.6 is 8.53 Å². The molecule has 0 N–H and O–H groups in total. The van der Waals surface area contributed by atoms with Crippen LogP contribution in [0.15, 0.2) is 54.6 Å². The molecule has 3 radical (unpaired) electrons. The van der Waals surface area contributed by atoms with Gasteiger partial charge in [-0.1, -0.05) is 61.5 Å². The van der Waals surface area contributed by atoms with Crippen molar-refractivity contribution in [1.82, 2.24) is 4.67 Å². The molecule has 37 heavy (non-hydrogen) atoms. The Morgan fingerprint density at radius 3 is 2.14 bits per heavy atom. The Hall–Kier alpha value is -2.26. The lowest BCUT2D eigenvalue weighted by atomic mass is 9.92. The van der Waals surface area contributed by atoms with Gasteiger partial charge in [-0.15, -0.1) is 0 Å². The van der Waals surface area contributed by atoms with Crippen molar-refractivity contribution in [2.45, 2.75) is 72.3 Å². The van der Waals surface area contributed by atoms with Gasteiger partial charge in [0.2, 0.25) is 0 Å². The summed E-state index contributed by atoms with van der Waals surface area (Å²) in [6.07, 6.45) is 1.09. The van der Waals surface area contributed by atoms with Crippen LogP contribution in [0.5, 0.6) is 0 Å². The molecule has 0 spiro atoms.